The first kappa shape index (κ1) is 39.2. The van der Waals surface area contributed by atoms with Gasteiger partial charge >= 0.3 is 0 Å². The summed E-state index contributed by atoms with van der Waals surface area (Å²) in [4.78, 5) is 35.9. The fourth-order valence-corrected chi connectivity index (χ4v) is 3.44. The van der Waals surface area contributed by atoms with Crippen LogP contribution in [0.25, 0.3) is 0 Å². The summed E-state index contributed by atoms with van der Waals surface area (Å²) >= 11 is 0. The molecule has 0 radical (unpaired) electrons. The molecule has 43 heavy (non-hydrogen) atoms. The molecule has 1 aliphatic heterocycles. The maximum absolute atomic E-state index is 11.8. The number of ether oxygens (including phenoxy) is 10. The third-order valence-electron chi connectivity index (χ3n) is 5.69. The molecule has 1 heterocycles. The lowest BCUT2D eigenvalue weighted by atomic mass is 10.3. The Kier molecular flexibility index (Phi) is 27.6. The molecule has 0 aliphatic carbocycles. The summed E-state index contributed by atoms with van der Waals surface area (Å²) in [5.41, 5.74) is 0. The van der Waals surface area contributed by atoms with Gasteiger partial charge in [0.05, 0.1) is 126 Å². The van der Waals surface area contributed by atoms with Crippen LogP contribution in [-0.2, 0) is 61.8 Å². The van der Waals surface area contributed by atoms with Crippen LogP contribution in [0.3, 0.4) is 0 Å². The molecule has 1 rings (SSSR count). The molecule has 0 bridgehead atoms. The van der Waals surface area contributed by atoms with Gasteiger partial charge in [0, 0.05) is 39.5 Å². The van der Waals surface area contributed by atoms with E-state index in [9.17, 15) is 14.4 Å². The number of imide groups is 1. The largest absolute Gasteiger partial charge is 0.382 e. The normalized spacial score (nSPS) is 13.4. The third-order valence-corrected chi connectivity index (χ3v) is 5.69. The minimum atomic E-state index is -0.223. The Bertz CT molecular complexity index is 671. The number of amides is 3. The zero-order chi connectivity index (χ0) is 31.1. The fraction of sp³-hybridized carbons (Fsp3) is 0.893. The average molecular weight is 625 g/mol. The molecule has 0 unspecified atom stereocenters. The summed E-state index contributed by atoms with van der Waals surface area (Å²) in [6.07, 6.45) is 0.558. The van der Waals surface area contributed by atoms with Crippen molar-refractivity contribution in [3.63, 3.8) is 0 Å². The zero-order valence-corrected chi connectivity index (χ0v) is 25.7. The van der Waals surface area contributed by atoms with Gasteiger partial charge in [-0.1, -0.05) is 0 Å². The lowest BCUT2D eigenvalue weighted by Crippen LogP contribution is -2.35. The highest BCUT2D eigenvalue weighted by Crippen LogP contribution is 2.11. The summed E-state index contributed by atoms with van der Waals surface area (Å²) in [7, 11) is 1.64. The predicted octanol–water partition coefficient (Wildman–Crippen LogP) is -0.562. The van der Waals surface area contributed by atoms with Crippen LogP contribution < -0.4 is 5.32 Å². The highest BCUT2D eigenvalue weighted by atomic mass is 16.6. The molecule has 1 saturated heterocycles. The number of carbonyl (C=O) groups is 3. The van der Waals surface area contributed by atoms with E-state index in [0.717, 1.165) is 4.90 Å². The van der Waals surface area contributed by atoms with Gasteiger partial charge in [-0.2, -0.15) is 0 Å². The molecule has 15 heteroatoms. The summed E-state index contributed by atoms with van der Waals surface area (Å²) in [6, 6.07) is 0. The molecule has 1 N–H and O–H groups in total. The van der Waals surface area contributed by atoms with Crippen molar-refractivity contribution in [2.45, 2.75) is 19.3 Å². The number of hydrogen-bond acceptors (Lipinski definition) is 13. The van der Waals surface area contributed by atoms with Crippen molar-refractivity contribution >= 4 is 17.7 Å². The second-order valence-corrected chi connectivity index (χ2v) is 9.04. The van der Waals surface area contributed by atoms with Crippen molar-refractivity contribution in [1.29, 1.82) is 0 Å². The molecular formula is C28H52N2O13. The first-order valence-corrected chi connectivity index (χ1v) is 14.9. The van der Waals surface area contributed by atoms with Crippen LogP contribution in [0.1, 0.15) is 19.3 Å². The third kappa shape index (κ3) is 25.3. The van der Waals surface area contributed by atoms with Gasteiger partial charge in [-0.05, 0) is 0 Å². The van der Waals surface area contributed by atoms with Crippen LogP contribution in [0.4, 0.5) is 0 Å². The molecule has 0 aromatic heterocycles. The topological polar surface area (TPSA) is 159 Å². The summed E-state index contributed by atoms with van der Waals surface area (Å²) in [5.74, 6) is -0.653. The van der Waals surface area contributed by atoms with Crippen molar-refractivity contribution in [2.75, 3.05) is 146 Å². The second kappa shape index (κ2) is 30.2. The van der Waals surface area contributed by atoms with Gasteiger partial charge in [0.25, 0.3) is 0 Å². The van der Waals surface area contributed by atoms with E-state index in [0.29, 0.717) is 132 Å². The molecule has 0 atom stereocenters. The molecule has 252 valence electrons. The van der Waals surface area contributed by atoms with Crippen molar-refractivity contribution in [3.8, 4) is 0 Å². The summed E-state index contributed by atoms with van der Waals surface area (Å²) in [5, 5.41) is 2.70. The minimum absolute atomic E-state index is 0.0953. The van der Waals surface area contributed by atoms with Crippen molar-refractivity contribution in [3.05, 3.63) is 0 Å². The van der Waals surface area contributed by atoms with E-state index in [2.05, 4.69) is 5.32 Å². The molecule has 0 spiro atoms. The van der Waals surface area contributed by atoms with Gasteiger partial charge in [0.15, 0.2) is 0 Å². The van der Waals surface area contributed by atoms with Gasteiger partial charge in [-0.15, -0.1) is 0 Å². The molecule has 1 fully saturated rings. The highest BCUT2D eigenvalue weighted by molar-refractivity contribution is 6.02. The highest BCUT2D eigenvalue weighted by Gasteiger charge is 2.28. The Morgan fingerprint density at radius 3 is 1.16 bits per heavy atom. The number of nitrogens with zero attached hydrogens (tertiary/aromatic N) is 1. The lowest BCUT2D eigenvalue weighted by Gasteiger charge is -2.13. The van der Waals surface area contributed by atoms with E-state index < -0.39 is 0 Å². The Balaban J connectivity index is 1.66. The van der Waals surface area contributed by atoms with Crippen LogP contribution in [0.2, 0.25) is 0 Å². The van der Waals surface area contributed by atoms with Crippen LogP contribution >= 0.6 is 0 Å². The number of nitrogens with one attached hydrogen (secondary N) is 1. The number of methoxy groups -OCH3 is 1. The molecule has 3 amide bonds. The SMILES string of the molecule is COCCOCCOCCOCCOCCOCCOCCOCCOCCOCCNC(=O)CCN1C(=O)CCC1=O. The Morgan fingerprint density at radius 1 is 0.535 bits per heavy atom. The number of likely N-dealkylation sites (tertiary alicyclic amines) is 1. The maximum Gasteiger partial charge on any atom is 0.229 e. The van der Waals surface area contributed by atoms with E-state index in [1.54, 1.807) is 7.11 Å². The smallest absolute Gasteiger partial charge is 0.229 e. The van der Waals surface area contributed by atoms with E-state index in [1.807, 2.05) is 0 Å². The van der Waals surface area contributed by atoms with Gasteiger partial charge in [-0.3, -0.25) is 19.3 Å². The van der Waals surface area contributed by atoms with E-state index in [1.165, 1.54) is 0 Å². The van der Waals surface area contributed by atoms with E-state index >= 15 is 0 Å². The van der Waals surface area contributed by atoms with Crippen molar-refractivity contribution in [2.24, 2.45) is 0 Å². The molecule has 0 aromatic carbocycles. The Hall–Kier alpha value is -1.79. The van der Waals surface area contributed by atoms with Crippen molar-refractivity contribution in [1.82, 2.24) is 10.2 Å². The van der Waals surface area contributed by atoms with Crippen molar-refractivity contribution < 1.29 is 61.8 Å². The fourth-order valence-electron chi connectivity index (χ4n) is 3.44. The molecule has 15 nitrogen and oxygen atoms in total. The number of hydrogen-bond donors (Lipinski definition) is 1. The molecular weight excluding hydrogens is 572 g/mol. The van der Waals surface area contributed by atoms with E-state index in [-0.39, 0.29) is 43.5 Å². The van der Waals surface area contributed by atoms with Crippen LogP contribution in [-0.4, -0.2) is 168 Å². The van der Waals surface area contributed by atoms with Gasteiger partial charge < -0.3 is 52.7 Å². The molecule has 1 aliphatic rings. The predicted molar refractivity (Wildman–Crippen MR) is 153 cm³/mol. The van der Waals surface area contributed by atoms with Gasteiger partial charge in [0.2, 0.25) is 17.7 Å². The van der Waals surface area contributed by atoms with Crippen LogP contribution in [0.15, 0.2) is 0 Å². The summed E-state index contributed by atoms with van der Waals surface area (Å²) in [6.45, 7) is 9.74. The zero-order valence-electron chi connectivity index (χ0n) is 25.7. The standard InChI is InChI=1S/C28H52N2O13/c1-34-8-9-36-12-13-38-16-17-40-20-21-42-24-25-43-23-22-41-19-18-39-15-14-37-11-10-35-7-5-29-26(31)4-6-30-27(32)2-3-28(30)33/h2-25H2,1H3,(H,29,31). The van der Waals surface area contributed by atoms with Gasteiger partial charge in [-0.25, -0.2) is 0 Å². The first-order valence-electron chi connectivity index (χ1n) is 14.9. The second-order valence-electron chi connectivity index (χ2n) is 9.04. The number of rotatable bonds is 33. The average Bonchev–Trinajstić information content (AvgIpc) is 3.33. The molecule has 0 aromatic rings. The Morgan fingerprint density at radius 2 is 0.837 bits per heavy atom. The monoisotopic (exact) mass is 624 g/mol. The minimum Gasteiger partial charge on any atom is -0.382 e. The Labute approximate surface area is 255 Å². The number of carbonyl (C=O) groups excluding carboxylic acids is 3. The van der Waals surface area contributed by atoms with Crippen LogP contribution in [0, 0.1) is 0 Å². The summed E-state index contributed by atoms with van der Waals surface area (Å²) < 4.78 is 53.6. The maximum atomic E-state index is 11.8. The molecule has 0 saturated carbocycles. The van der Waals surface area contributed by atoms with Gasteiger partial charge in [0.1, 0.15) is 0 Å². The lowest BCUT2D eigenvalue weighted by molar-refractivity contribution is -0.138. The quantitative estimate of drug-likeness (QED) is 0.0732. The first-order chi connectivity index (χ1) is 21.1. The van der Waals surface area contributed by atoms with Crippen LogP contribution in [0.5, 0.6) is 0 Å². The van der Waals surface area contributed by atoms with E-state index in [4.69, 9.17) is 47.4 Å².